The minimum Gasteiger partial charge on any atom is -0.493 e. The molecule has 0 radical (unpaired) electrons. The molecule has 0 atom stereocenters. The quantitative estimate of drug-likeness (QED) is 0.662. The second kappa shape index (κ2) is 9.14. The van der Waals surface area contributed by atoms with E-state index >= 15 is 0 Å². The monoisotopic (exact) mass is 412 g/mol. The van der Waals surface area contributed by atoms with Crippen LogP contribution in [-0.4, -0.2) is 44.1 Å². The summed E-state index contributed by atoms with van der Waals surface area (Å²) in [6.45, 7) is 1.73. The predicted octanol–water partition coefficient (Wildman–Crippen LogP) is 2.06. The van der Waals surface area contributed by atoms with Crippen LogP contribution in [0.5, 0.6) is 11.5 Å². The Morgan fingerprint density at radius 3 is 2.43 bits per heavy atom. The van der Waals surface area contributed by atoms with Gasteiger partial charge in [0.05, 0.1) is 19.2 Å². The standard InChI is InChI=1S/C19H25ClN2O6/c1-11-4-6-19(7-5-11,18(25)27-3)22-17(24)12-8-13(20)16(14(9-12)26-2)28-10-15(21)23/h8-9,11H,4-7,10H2,1-3H3,(H2,21,23)(H,22,24). The molecule has 1 fully saturated rings. The molecule has 0 saturated heterocycles. The van der Waals surface area contributed by atoms with E-state index in [2.05, 4.69) is 12.2 Å². The van der Waals surface area contributed by atoms with Crippen molar-refractivity contribution in [3.63, 3.8) is 0 Å². The lowest BCUT2D eigenvalue weighted by Gasteiger charge is -2.37. The number of benzene rings is 1. The van der Waals surface area contributed by atoms with E-state index in [1.807, 2.05) is 0 Å². The number of nitrogens with one attached hydrogen (secondary N) is 1. The number of primary amides is 1. The molecule has 28 heavy (non-hydrogen) atoms. The van der Waals surface area contributed by atoms with Crippen LogP contribution < -0.4 is 20.5 Å². The van der Waals surface area contributed by atoms with Gasteiger partial charge in [0.15, 0.2) is 18.1 Å². The molecular weight excluding hydrogens is 388 g/mol. The number of carbonyl (C=O) groups is 3. The minimum absolute atomic E-state index is 0.0788. The molecule has 1 aromatic carbocycles. The first kappa shape index (κ1) is 21.8. The van der Waals surface area contributed by atoms with Gasteiger partial charge in [-0.3, -0.25) is 9.59 Å². The highest BCUT2D eigenvalue weighted by Gasteiger charge is 2.43. The van der Waals surface area contributed by atoms with Crippen molar-refractivity contribution >= 4 is 29.4 Å². The number of ether oxygens (including phenoxy) is 3. The Bertz CT molecular complexity index is 759. The lowest BCUT2D eigenvalue weighted by Crippen LogP contribution is -2.56. The number of carbonyl (C=O) groups excluding carboxylic acids is 3. The predicted molar refractivity (Wildman–Crippen MR) is 103 cm³/mol. The van der Waals surface area contributed by atoms with Crippen LogP contribution in [0.3, 0.4) is 0 Å². The average molecular weight is 413 g/mol. The van der Waals surface area contributed by atoms with Crippen molar-refractivity contribution in [2.75, 3.05) is 20.8 Å². The molecule has 8 nitrogen and oxygen atoms in total. The van der Waals surface area contributed by atoms with Gasteiger partial charge < -0.3 is 25.3 Å². The number of nitrogens with two attached hydrogens (primary N) is 1. The van der Waals surface area contributed by atoms with Crippen LogP contribution >= 0.6 is 11.6 Å². The Morgan fingerprint density at radius 1 is 1.25 bits per heavy atom. The SMILES string of the molecule is COC(=O)C1(NC(=O)c2cc(Cl)c(OCC(N)=O)c(OC)c2)CCC(C)CC1. The van der Waals surface area contributed by atoms with Gasteiger partial charge in [-0.1, -0.05) is 18.5 Å². The zero-order chi connectivity index (χ0) is 20.9. The number of amides is 2. The van der Waals surface area contributed by atoms with Crippen molar-refractivity contribution < 1.29 is 28.6 Å². The van der Waals surface area contributed by atoms with Gasteiger partial charge in [-0.25, -0.2) is 4.79 Å². The second-order valence-electron chi connectivity index (χ2n) is 6.95. The maximum atomic E-state index is 12.9. The molecule has 0 spiro atoms. The molecule has 154 valence electrons. The first-order chi connectivity index (χ1) is 13.2. The Kier molecular flexibility index (Phi) is 7.12. The number of halogens is 1. The highest BCUT2D eigenvalue weighted by atomic mass is 35.5. The zero-order valence-corrected chi connectivity index (χ0v) is 16.9. The van der Waals surface area contributed by atoms with E-state index in [0.717, 1.165) is 12.8 Å². The van der Waals surface area contributed by atoms with E-state index < -0.39 is 23.3 Å². The summed E-state index contributed by atoms with van der Waals surface area (Å²) in [6.07, 6.45) is 2.60. The normalized spacial score (nSPS) is 21.5. The summed E-state index contributed by atoms with van der Waals surface area (Å²) in [5.41, 5.74) is 4.19. The van der Waals surface area contributed by atoms with E-state index in [-0.39, 0.29) is 28.7 Å². The smallest absolute Gasteiger partial charge is 0.331 e. The summed E-state index contributed by atoms with van der Waals surface area (Å²) in [7, 11) is 2.68. The fourth-order valence-electron chi connectivity index (χ4n) is 3.25. The zero-order valence-electron chi connectivity index (χ0n) is 16.2. The number of methoxy groups -OCH3 is 2. The molecule has 0 unspecified atom stereocenters. The number of hydrogen-bond acceptors (Lipinski definition) is 6. The van der Waals surface area contributed by atoms with Crippen LogP contribution in [0.15, 0.2) is 12.1 Å². The molecule has 2 amide bonds. The molecule has 0 aromatic heterocycles. The second-order valence-corrected chi connectivity index (χ2v) is 7.36. The maximum Gasteiger partial charge on any atom is 0.331 e. The van der Waals surface area contributed by atoms with Crippen LogP contribution in [0.1, 0.15) is 43.0 Å². The van der Waals surface area contributed by atoms with Gasteiger partial charge >= 0.3 is 5.97 Å². The molecule has 0 heterocycles. The molecular formula is C19H25ClN2O6. The molecule has 2 rings (SSSR count). The van der Waals surface area contributed by atoms with Gasteiger partial charge in [0.1, 0.15) is 5.54 Å². The highest BCUT2D eigenvalue weighted by Crippen LogP contribution is 2.37. The fourth-order valence-corrected chi connectivity index (χ4v) is 3.52. The molecule has 0 aliphatic heterocycles. The summed E-state index contributed by atoms with van der Waals surface area (Å²) < 4.78 is 15.4. The van der Waals surface area contributed by atoms with Gasteiger partial charge in [-0.05, 0) is 43.7 Å². The summed E-state index contributed by atoms with van der Waals surface area (Å²) in [6, 6.07) is 2.81. The van der Waals surface area contributed by atoms with Crippen molar-refractivity contribution in [2.24, 2.45) is 11.7 Å². The summed E-state index contributed by atoms with van der Waals surface area (Å²) >= 11 is 6.20. The minimum atomic E-state index is -1.07. The molecule has 0 bridgehead atoms. The third kappa shape index (κ3) is 4.86. The lowest BCUT2D eigenvalue weighted by molar-refractivity contribution is -0.150. The Labute approximate surface area is 168 Å². The number of rotatable bonds is 7. The van der Waals surface area contributed by atoms with Gasteiger partial charge in [0, 0.05) is 5.56 Å². The molecule has 1 saturated carbocycles. The van der Waals surface area contributed by atoms with Crippen LogP contribution in [-0.2, 0) is 14.3 Å². The molecule has 3 N–H and O–H groups in total. The number of hydrogen-bond donors (Lipinski definition) is 2. The van der Waals surface area contributed by atoms with Crippen LogP contribution in [0.4, 0.5) is 0 Å². The van der Waals surface area contributed by atoms with E-state index in [4.69, 9.17) is 31.5 Å². The van der Waals surface area contributed by atoms with Crippen LogP contribution in [0.25, 0.3) is 0 Å². The first-order valence-corrected chi connectivity index (χ1v) is 9.29. The largest absolute Gasteiger partial charge is 0.493 e. The van der Waals surface area contributed by atoms with E-state index in [1.165, 1.54) is 26.4 Å². The summed E-state index contributed by atoms with van der Waals surface area (Å²) in [4.78, 5) is 36.2. The number of esters is 1. The Balaban J connectivity index is 2.28. The third-order valence-electron chi connectivity index (χ3n) is 4.91. The molecule has 1 aromatic rings. The molecule has 1 aliphatic carbocycles. The van der Waals surface area contributed by atoms with Gasteiger partial charge in [-0.2, -0.15) is 0 Å². The van der Waals surface area contributed by atoms with Gasteiger partial charge in [0.2, 0.25) is 0 Å². The van der Waals surface area contributed by atoms with Crippen LogP contribution in [0.2, 0.25) is 5.02 Å². The highest BCUT2D eigenvalue weighted by molar-refractivity contribution is 6.32. The first-order valence-electron chi connectivity index (χ1n) is 8.92. The van der Waals surface area contributed by atoms with Crippen molar-refractivity contribution in [1.29, 1.82) is 0 Å². The van der Waals surface area contributed by atoms with Gasteiger partial charge in [-0.15, -0.1) is 0 Å². The van der Waals surface area contributed by atoms with Crippen LogP contribution in [0, 0.1) is 5.92 Å². The maximum absolute atomic E-state index is 12.9. The Hall–Kier alpha value is -2.48. The van der Waals surface area contributed by atoms with Crippen molar-refractivity contribution in [1.82, 2.24) is 5.32 Å². The lowest BCUT2D eigenvalue weighted by atomic mass is 9.77. The summed E-state index contributed by atoms with van der Waals surface area (Å²) in [5, 5.41) is 2.90. The van der Waals surface area contributed by atoms with Crippen molar-refractivity contribution in [3.8, 4) is 11.5 Å². The van der Waals surface area contributed by atoms with Crippen molar-refractivity contribution in [2.45, 2.75) is 38.1 Å². The Morgan fingerprint density at radius 2 is 1.89 bits per heavy atom. The molecule has 9 heteroatoms. The average Bonchev–Trinajstić information content (AvgIpc) is 2.67. The summed E-state index contributed by atoms with van der Waals surface area (Å²) in [5.74, 6) is -0.872. The fraction of sp³-hybridized carbons (Fsp3) is 0.526. The van der Waals surface area contributed by atoms with Crippen molar-refractivity contribution in [3.05, 3.63) is 22.7 Å². The topological polar surface area (TPSA) is 117 Å². The molecule has 1 aliphatic rings. The van der Waals surface area contributed by atoms with E-state index in [9.17, 15) is 14.4 Å². The van der Waals surface area contributed by atoms with E-state index in [0.29, 0.717) is 18.8 Å². The van der Waals surface area contributed by atoms with E-state index in [1.54, 1.807) is 0 Å². The third-order valence-corrected chi connectivity index (χ3v) is 5.19. The van der Waals surface area contributed by atoms with Gasteiger partial charge in [0.25, 0.3) is 11.8 Å².